The van der Waals surface area contributed by atoms with Gasteiger partial charge in [0, 0.05) is 11.8 Å². The van der Waals surface area contributed by atoms with Gasteiger partial charge in [-0.3, -0.25) is 4.98 Å². The third-order valence-corrected chi connectivity index (χ3v) is 5.43. The van der Waals surface area contributed by atoms with Gasteiger partial charge in [0.25, 0.3) is 0 Å². The molecule has 2 aromatic carbocycles. The van der Waals surface area contributed by atoms with Crippen LogP contribution in [0.3, 0.4) is 0 Å². The minimum atomic E-state index is -5.57. The minimum Gasteiger partial charge on any atom is -0.256 e. The maximum Gasteiger partial charge on any atom is 0.411 e. The highest BCUT2D eigenvalue weighted by Gasteiger charge is 2.75. The molecule has 1 aliphatic rings. The second-order valence-corrected chi connectivity index (χ2v) is 6.92. The predicted molar refractivity (Wildman–Crippen MR) is 97.4 cm³/mol. The zero-order valence-corrected chi connectivity index (χ0v) is 15.2. The van der Waals surface area contributed by atoms with Crippen molar-refractivity contribution >= 4 is 0 Å². The Bertz CT molecular complexity index is 1070. The van der Waals surface area contributed by atoms with Crippen LogP contribution in [0.15, 0.2) is 60.8 Å². The van der Waals surface area contributed by atoms with Gasteiger partial charge in [0.1, 0.15) is 0 Å². The van der Waals surface area contributed by atoms with Crippen LogP contribution in [0, 0.1) is 0 Å². The van der Waals surface area contributed by atoms with E-state index < -0.39 is 28.9 Å². The Morgan fingerprint density at radius 1 is 0.793 bits per heavy atom. The molecule has 4 rings (SSSR count). The van der Waals surface area contributed by atoms with Gasteiger partial charge >= 0.3 is 12.4 Å². The van der Waals surface area contributed by atoms with Crippen LogP contribution in [0.2, 0.25) is 0 Å². The summed E-state index contributed by atoms with van der Waals surface area (Å²) in [5.41, 5.74) is -4.35. The van der Waals surface area contributed by atoms with Crippen molar-refractivity contribution < 1.29 is 26.3 Å². The summed E-state index contributed by atoms with van der Waals surface area (Å²) in [6.07, 6.45) is -8.96. The summed E-state index contributed by atoms with van der Waals surface area (Å²) in [6.45, 7) is 1.90. The number of fused-ring (bicyclic) bond motifs is 3. The molecule has 1 nitrogen and oxygen atoms in total. The van der Waals surface area contributed by atoms with Crippen LogP contribution in [-0.4, -0.2) is 17.3 Å². The number of benzene rings is 2. The lowest BCUT2D eigenvalue weighted by Gasteiger charge is -2.35. The van der Waals surface area contributed by atoms with Crippen LogP contribution in [0.25, 0.3) is 22.4 Å². The number of aryl methyl sites for hydroxylation is 1. The van der Waals surface area contributed by atoms with Gasteiger partial charge in [-0.1, -0.05) is 49.4 Å². The van der Waals surface area contributed by atoms with Crippen molar-refractivity contribution in [2.24, 2.45) is 0 Å². The number of nitrogens with zero attached hydrogens (tertiary/aromatic N) is 1. The van der Waals surface area contributed by atoms with E-state index >= 15 is 0 Å². The SMILES string of the molecule is CCc1ccnc(-c2cccc3c2-c2ccccc2C3(C(F)(F)F)C(F)(F)F)c1. The molecule has 7 heteroatoms. The molecule has 0 saturated heterocycles. The number of aromatic nitrogens is 1. The van der Waals surface area contributed by atoms with Crippen molar-refractivity contribution in [2.45, 2.75) is 31.1 Å². The Labute approximate surface area is 163 Å². The Balaban J connectivity index is 2.14. The first-order valence-corrected chi connectivity index (χ1v) is 8.95. The lowest BCUT2D eigenvalue weighted by Crippen LogP contribution is -2.53. The van der Waals surface area contributed by atoms with Crippen LogP contribution < -0.4 is 0 Å². The van der Waals surface area contributed by atoms with E-state index in [4.69, 9.17) is 0 Å². The second-order valence-electron chi connectivity index (χ2n) is 6.92. The quantitative estimate of drug-likeness (QED) is 0.431. The van der Waals surface area contributed by atoms with Crippen molar-refractivity contribution in [1.29, 1.82) is 0 Å². The van der Waals surface area contributed by atoms with Gasteiger partial charge in [-0.15, -0.1) is 0 Å². The molecule has 1 heterocycles. The predicted octanol–water partition coefficient (Wildman–Crippen LogP) is 6.70. The van der Waals surface area contributed by atoms with Gasteiger partial charge in [0.05, 0.1) is 5.69 Å². The molecule has 1 aliphatic carbocycles. The third-order valence-electron chi connectivity index (χ3n) is 5.43. The minimum absolute atomic E-state index is 0.0708. The van der Waals surface area contributed by atoms with Gasteiger partial charge in [-0.2, -0.15) is 26.3 Å². The zero-order valence-electron chi connectivity index (χ0n) is 15.2. The molecule has 150 valence electrons. The molecule has 0 N–H and O–H groups in total. The maximum atomic E-state index is 14.2. The summed E-state index contributed by atoms with van der Waals surface area (Å²) >= 11 is 0. The summed E-state index contributed by atoms with van der Waals surface area (Å²) in [5, 5.41) is 0. The Kier molecular flexibility index (Phi) is 4.26. The van der Waals surface area contributed by atoms with Crippen LogP contribution >= 0.6 is 0 Å². The molecular formula is C22H15F6N. The summed E-state index contributed by atoms with van der Waals surface area (Å²) in [7, 11) is 0. The largest absolute Gasteiger partial charge is 0.411 e. The molecule has 0 aliphatic heterocycles. The fourth-order valence-electron chi connectivity index (χ4n) is 4.15. The molecule has 1 aromatic heterocycles. The topological polar surface area (TPSA) is 12.9 Å². The molecule has 0 spiro atoms. The Morgan fingerprint density at radius 2 is 1.41 bits per heavy atom. The van der Waals surface area contributed by atoms with Crippen LogP contribution in [-0.2, 0) is 11.8 Å². The van der Waals surface area contributed by atoms with Crippen LogP contribution in [0.1, 0.15) is 23.6 Å². The number of rotatable bonds is 2. The average molecular weight is 407 g/mol. The van der Waals surface area contributed by atoms with E-state index in [9.17, 15) is 26.3 Å². The van der Waals surface area contributed by atoms with E-state index in [-0.39, 0.29) is 16.7 Å². The summed E-state index contributed by atoms with van der Waals surface area (Å²) in [6, 6.07) is 12.0. The van der Waals surface area contributed by atoms with E-state index in [0.717, 1.165) is 17.7 Å². The molecular weight excluding hydrogens is 392 g/mol. The highest BCUT2D eigenvalue weighted by molar-refractivity contribution is 5.92. The second kappa shape index (κ2) is 6.34. The first kappa shape index (κ1) is 19.5. The van der Waals surface area contributed by atoms with Crippen molar-refractivity contribution in [2.75, 3.05) is 0 Å². The normalized spacial score (nSPS) is 15.1. The van der Waals surface area contributed by atoms with Gasteiger partial charge in [0.15, 0.2) is 0 Å². The standard InChI is InChI=1S/C22H15F6N/c1-2-13-10-11-29-18(12-13)15-7-5-9-17-19(15)14-6-3-4-8-16(14)20(17,21(23,24)25)22(26,27)28/h3-12H,2H2,1H3. The van der Waals surface area contributed by atoms with Gasteiger partial charge in [-0.05, 0) is 46.4 Å². The first-order valence-electron chi connectivity index (χ1n) is 8.95. The maximum absolute atomic E-state index is 14.2. The van der Waals surface area contributed by atoms with Gasteiger partial charge in [0.2, 0.25) is 5.41 Å². The van der Waals surface area contributed by atoms with E-state index in [0.29, 0.717) is 12.1 Å². The summed E-state index contributed by atoms with van der Waals surface area (Å²) in [5.74, 6) is 0. The number of hydrogen-bond acceptors (Lipinski definition) is 1. The summed E-state index contributed by atoms with van der Waals surface area (Å²) in [4.78, 5) is 4.22. The monoisotopic (exact) mass is 407 g/mol. The van der Waals surface area contributed by atoms with Crippen molar-refractivity contribution in [3.63, 3.8) is 0 Å². The highest BCUT2D eigenvalue weighted by Crippen LogP contribution is 2.64. The van der Waals surface area contributed by atoms with E-state index in [1.54, 1.807) is 12.1 Å². The van der Waals surface area contributed by atoms with Gasteiger partial charge < -0.3 is 0 Å². The van der Waals surface area contributed by atoms with Gasteiger partial charge in [-0.25, -0.2) is 0 Å². The van der Waals surface area contributed by atoms with Crippen molar-refractivity contribution in [3.8, 4) is 22.4 Å². The molecule has 0 saturated carbocycles. The number of pyridine rings is 1. The number of hydrogen-bond donors (Lipinski definition) is 0. The molecule has 0 amide bonds. The number of alkyl halides is 6. The fourth-order valence-corrected chi connectivity index (χ4v) is 4.15. The lowest BCUT2D eigenvalue weighted by molar-refractivity contribution is -0.287. The molecule has 0 atom stereocenters. The van der Waals surface area contributed by atoms with Crippen LogP contribution in [0.4, 0.5) is 26.3 Å². The zero-order chi connectivity index (χ0) is 21.0. The summed E-state index contributed by atoms with van der Waals surface area (Å²) < 4.78 is 85.1. The number of halogens is 6. The van der Waals surface area contributed by atoms with E-state index in [2.05, 4.69) is 4.98 Å². The van der Waals surface area contributed by atoms with Crippen molar-refractivity contribution in [3.05, 3.63) is 77.5 Å². The molecule has 0 unspecified atom stereocenters. The van der Waals surface area contributed by atoms with Crippen molar-refractivity contribution in [1.82, 2.24) is 4.98 Å². The van der Waals surface area contributed by atoms with E-state index in [1.165, 1.54) is 36.5 Å². The molecule has 3 aromatic rings. The lowest BCUT2D eigenvalue weighted by atomic mass is 9.76. The third kappa shape index (κ3) is 2.59. The van der Waals surface area contributed by atoms with E-state index in [1.807, 2.05) is 6.92 Å². The Hall–Kier alpha value is -2.83. The highest BCUT2D eigenvalue weighted by atomic mass is 19.4. The first-order chi connectivity index (χ1) is 13.6. The average Bonchev–Trinajstić information content (AvgIpc) is 2.99. The smallest absolute Gasteiger partial charge is 0.256 e. The molecule has 29 heavy (non-hydrogen) atoms. The molecule has 0 bridgehead atoms. The Morgan fingerprint density at radius 3 is 2.07 bits per heavy atom. The molecule has 0 radical (unpaired) electrons. The fraction of sp³-hybridized carbons (Fsp3) is 0.227. The molecule has 0 fully saturated rings. The van der Waals surface area contributed by atoms with Crippen LogP contribution in [0.5, 0.6) is 0 Å².